The molecule has 0 aromatic carbocycles. The summed E-state index contributed by atoms with van der Waals surface area (Å²) >= 11 is 0. The topological polar surface area (TPSA) is 66.6 Å². The number of carbonyl (C=O) groups excluding carboxylic acids is 1. The van der Waals surface area contributed by atoms with Crippen molar-refractivity contribution < 1.29 is 9.90 Å². The molecule has 3 N–H and O–H groups in total. The molecular weight excluding hydrogens is 228 g/mol. The normalized spacial score (nSPS) is 33.4. The lowest BCUT2D eigenvalue weighted by atomic mass is 9.94. The number of likely N-dealkylation sites (tertiary alicyclic amines) is 1. The van der Waals surface area contributed by atoms with E-state index in [1.54, 1.807) is 0 Å². The van der Waals surface area contributed by atoms with Crippen LogP contribution >= 0.6 is 0 Å². The molecule has 2 fully saturated rings. The standard InChI is InChI=1S/C14H26N2O2/c15-13-5-3-1-2-4-12(13)14(18)16-8-6-11(10-16)7-9-17/h11-13,17H,1-10,15H2. The van der Waals surface area contributed by atoms with Gasteiger partial charge in [0.05, 0.1) is 5.92 Å². The summed E-state index contributed by atoms with van der Waals surface area (Å²) in [6.45, 7) is 1.91. The fourth-order valence-electron chi connectivity index (χ4n) is 3.33. The number of aliphatic hydroxyl groups is 1. The van der Waals surface area contributed by atoms with Crippen LogP contribution in [-0.4, -0.2) is 41.7 Å². The van der Waals surface area contributed by atoms with E-state index in [-0.39, 0.29) is 24.5 Å². The van der Waals surface area contributed by atoms with Gasteiger partial charge in [0.25, 0.3) is 0 Å². The van der Waals surface area contributed by atoms with Crippen LogP contribution in [0.3, 0.4) is 0 Å². The van der Waals surface area contributed by atoms with Gasteiger partial charge < -0.3 is 15.7 Å². The summed E-state index contributed by atoms with van der Waals surface area (Å²) in [6.07, 6.45) is 7.32. The van der Waals surface area contributed by atoms with E-state index in [1.807, 2.05) is 4.90 Å². The van der Waals surface area contributed by atoms with E-state index < -0.39 is 0 Å². The molecule has 1 aliphatic heterocycles. The lowest BCUT2D eigenvalue weighted by molar-refractivity contribution is -0.135. The summed E-state index contributed by atoms with van der Waals surface area (Å²) in [7, 11) is 0. The monoisotopic (exact) mass is 254 g/mol. The van der Waals surface area contributed by atoms with Crippen molar-refractivity contribution in [1.29, 1.82) is 0 Å². The molecule has 0 aromatic rings. The van der Waals surface area contributed by atoms with Crippen molar-refractivity contribution >= 4 is 5.91 Å². The summed E-state index contributed by atoms with van der Waals surface area (Å²) in [6, 6.07) is 0.0527. The highest BCUT2D eigenvalue weighted by Gasteiger charge is 2.33. The predicted octanol–water partition coefficient (Wildman–Crippen LogP) is 1.12. The van der Waals surface area contributed by atoms with Gasteiger partial charge in [-0.05, 0) is 31.6 Å². The van der Waals surface area contributed by atoms with Gasteiger partial charge in [-0.3, -0.25) is 4.79 Å². The van der Waals surface area contributed by atoms with Crippen molar-refractivity contribution in [3.63, 3.8) is 0 Å². The third-order valence-electron chi connectivity index (χ3n) is 4.52. The third-order valence-corrected chi connectivity index (χ3v) is 4.52. The first-order valence-corrected chi connectivity index (χ1v) is 7.37. The second-order valence-electron chi connectivity index (χ2n) is 5.86. The molecule has 1 amide bonds. The van der Waals surface area contributed by atoms with Gasteiger partial charge in [-0.25, -0.2) is 0 Å². The Kier molecular flexibility index (Phi) is 5.01. The third kappa shape index (κ3) is 3.23. The highest BCUT2D eigenvalue weighted by Crippen LogP contribution is 2.27. The molecule has 0 spiro atoms. The Labute approximate surface area is 110 Å². The number of rotatable bonds is 3. The van der Waals surface area contributed by atoms with E-state index in [0.717, 1.165) is 51.6 Å². The number of amides is 1. The van der Waals surface area contributed by atoms with E-state index in [9.17, 15) is 4.79 Å². The van der Waals surface area contributed by atoms with Crippen molar-refractivity contribution in [3.8, 4) is 0 Å². The molecule has 3 unspecified atom stereocenters. The van der Waals surface area contributed by atoms with E-state index in [4.69, 9.17) is 10.8 Å². The highest BCUT2D eigenvalue weighted by atomic mass is 16.3. The maximum atomic E-state index is 12.5. The average Bonchev–Trinajstić information content (AvgIpc) is 2.71. The maximum Gasteiger partial charge on any atom is 0.227 e. The first-order valence-electron chi connectivity index (χ1n) is 7.37. The minimum Gasteiger partial charge on any atom is -0.396 e. The van der Waals surface area contributed by atoms with Gasteiger partial charge in [0.15, 0.2) is 0 Å². The van der Waals surface area contributed by atoms with Gasteiger partial charge in [-0.15, -0.1) is 0 Å². The molecule has 1 saturated heterocycles. The summed E-state index contributed by atoms with van der Waals surface area (Å²) in [5.74, 6) is 0.797. The zero-order valence-corrected chi connectivity index (χ0v) is 11.2. The second kappa shape index (κ2) is 6.53. The molecule has 1 saturated carbocycles. The van der Waals surface area contributed by atoms with Crippen LogP contribution in [0, 0.1) is 11.8 Å². The first kappa shape index (κ1) is 13.8. The van der Waals surface area contributed by atoms with Crippen LogP contribution < -0.4 is 5.73 Å². The fourth-order valence-corrected chi connectivity index (χ4v) is 3.33. The number of nitrogens with two attached hydrogens (primary N) is 1. The van der Waals surface area contributed by atoms with Crippen molar-refractivity contribution in [1.82, 2.24) is 4.90 Å². The Morgan fingerprint density at radius 3 is 2.78 bits per heavy atom. The molecule has 0 bridgehead atoms. The Morgan fingerprint density at radius 1 is 1.22 bits per heavy atom. The van der Waals surface area contributed by atoms with Crippen LogP contribution in [0.1, 0.15) is 44.9 Å². The largest absolute Gasteiger partial charge is 0.396 e. The SMILES string of the molecule is NC1CCCCCC1C(=O)N1CCC(CCO)C1. The van der Waals surface area contributed by atoms with E-state index in [2.05, 4.69) is 0 Å². The predicted molar refractivity (Wildman–Crippen MR) is 70.9 cm³/mol. The fraction of sp³-hybridized carbons (Fsp3) is 0.929. The molecule has 0 radical (unpaired) electrons. The molecule has 1 aliphatic carbocycles. The smallest absolute Gasteiger partial charge is 0.227 e. The Hall–Kier alpha value is -0.610. The number of hydrogen-bond donors (Lipinski definition) is 2. The Balaban J connectivity index is 1.90. The minimum atomic E-state index is 0.0420. The molecule has 3 atom stereocenters. The van der Waals surface area contributed by atoms with Crippen molar-refractivity contribution in [3.05, 3.63) is 0 Å². The molecule has 0 aromatic heterocycles. The van der Waals surface area contributed by atoms with Crippen LogP contribution in [0.2, 0.25) is 0 Å². The van der Waals surface area contributed by atoms with Crippen molar-refractivity contribution in [2.24, 2.45) is 17.6 Å². The number of carbonyl (C=O) groups is 1. The average molecular weight is 254 g/mol. The summed E-state index contributed by atoms with van der Waals surface area (Å²) in [5.41, 5.74) is 6.15. The maximum absolute atomic E-state index is 12.5. The molecule has 2 rings (SSSR count). The Morgan fingerprint density at radius 2 is 2.00 bits per heavy atom. The Bertz CT molecular complexity index is 283. The van der Waals surface area contributed by atoms with Gasteiger partial charge >= 0.3 is 0 Å². The van der Waals surface area contributed by atoms with Gasteiger partial charge in [-0.2, -0.15) is 0 Å². The zero-order valence-electron chi connectivity index (χ0n) is 11.2. The van der Waals surface area contributed by atoms with Gasteiger partial charge in [0.1, 0.15) is 0 Å². The lowest BCUT2D eigenvalue weighted by Gasteiger charge is -2.26. The summed E-state index contributed by atoms with van der Waals surface area (Å²) in [5, 5.41) is 8.96. The first-order chi connectivity index (χ1) is 8.72. The summed E-state index contributed by atoms with van der Waals surface area (Å²) in [4.78, 5) is 14.5. The van der Waals surface area contributed by atoms with E-state index in [1.165, 1.54) is 6.42 Å². The molecule has 104 valence electrons. The molecule has 4 heteroatoms. The number of aliphatic hydroxyl groups excluding tert-OH is 1. The van der Waals surface area contributed by atoms with E-state index >= 15 is 0 Å². The van der Waals surface area contributed by atoms with Crippen LogP contribution in [0.4, 0.5) is 0 Å². The lowest BCUT2D eigenvalue weighted by Crippen LogP contribution is -2.43. The molecule has 4 nitrogen and oxygen atoms in total. The minimum absolute atomic E-state index is 0.0420. The van der Waals surface area contributed by atoms with Gasteiger partial charge in [-0.1, -0.05) is 19.3 Å². The molecule has 18 heavy (non-hydrogen) atoms. The van der Waals surface area contributed by atoms with Gasteiger partial charge in [0.2, 0.25) is 5.91 Å². The second-order valence-corrected chi connectivity index (χ2v) is 5.86. The molecule has 2 aliphatic rings. The zero-order chi connectivity index (χ0) is 13.0. The molecular formula is C14H26N2O2. The van der Waals surface area contributed by atoms with E-state index in [0.29, 0.717) is 5.92 Å². The number of nitrogens with zero attached hydrogens (tertiary/aromatic N) is 1. The number of hydrogen-bond acceptors (Lipinski definition) is 3. The van der Waals surface area contributed by atoms with Crippen LogP contribution in [0.25, 0.3) is 0 Å². The van der Waals surface area contributed by atoms with Gasteiger partial charge in [0, 0.05) is 25.7 Å². The van der Waals surface area contributed by atoms with Crippen LogP contribution in [0.15, 0.2) is 0 Å². The molecule has 1 heterocycles. The van der Waals surface area contributed by atoms with Crippen LogP contribution in [-0.2, 0) is 4.79 Å². The van der Waals surface area contributed by atoms with Crippen molar-refractivity contribution in [2.75, 3.05) is 19.7 Å². The van der Waals surface area contributed by atoms with Crippen LogP contribution in [0.5, 0.6) is 0 Å². The highest BCUT2D eigenvalue weighted by molar-refractivity contribution is 5.79. The van der Waals surface area contributed by atoms with Crippen molar-refractivity contribution in [2.45, 2.75) is 51.0 Å². The summed E-state index contributed by atoms with van der Waals surface area (Å²) < 4.78 is 0. The quantitative estimate of drug-likeness (QED) is 0.742.